The molecule has 0 aliphatic rings. The molecule has 0 heterocycles. The van der Waals surface area contributed by atoms with Gasteiger partial charge in [0, 0.05) is 0 Å². The van der Waals surface area contributed by atoms with E-state index in [2.05, 4.69) is 6.58 Å². The third-order valence-corrected chi connectivity index (χ3v) is 3.02. The van der Waals surface area contributed by atoms with Gasteiger partial charge >= 0.3 is 11.9 Å². The maximum atomic E-state index is 12.0. The summed E-state index contributed by atoms with van der Waals surface area (Å²) in [5, 5.41) is 9.28. The van der Waals surface area contributed by atoms with Crippen LogP contribution >= 0.6 is 0 Å². The zero-order chi connectivity index (χ0) is 16.2. The second kappa shape index (κ2) is 6.57. The molecule has 0 bridgehead atoms. The summed E-state index contributed by atoms with van der Waals surface area (Å²) in [7, 11) is 0. The lowest BCUT2D eigenvalue weighted by Crippen LogP contribution is -2.34. The molecule has 0 aliphatic carbocycles. The maximum absolute atomic E-state index is 12.0. The summed E-state index contributed by atoms with van der Waals surface area (Å²) in [5.41, 5.74) is 2.01. The fraction of sp³-hybridized carbons (Fsp3) is 0.412. The Kier molecular flexibility index (Phi) is 5.30. The molecule has 1 atom stereocenters. The van der Waals surface area contributed by atoms with E-state index in [1.54, 1.807) is 26.8 Å². The van der Waals surface area contributed by atoms with Gasteiger partial charge < -0.3 is 9.84 Å². The molecule has 1 aromatic rings. The number of carbonyl (C=O) groups is 2. The molecule has 1 aromatic carbocycles. The molecule has 0 aliphatic heterocycles. The summed E-state index contributed by atoms with van der Waals surface area (Å²) in [5.74, 6) is -3.07. The van der Waals surface area contributed by atoms with Crippen molar-refractivity contribution in [3.05, 3.63) is 41.5 Å². The van der Waals surface area contributed by atoms with Crippen LogP contribution in [0.4, 0.5) is 0 Å². The smallest absolute Gasteiger partial charge is 0.321 e. The van der Waals surface area contributed by atoms with E-state index in [9.17, 15) is 14.7 Å². The van der Waals surface area contributed by atoms with E-state index in [4.69, 9.17) is 4.74 Å². The fourth-order valence-corrected chi connectivity index (χ4v) is 1.94. The van der Waals surface area contributed by atoms with E-state index in [0.29, 0.717) is 0 Å². The highest BCUT2D eigenvalue weighted by Gasteiger charge is 2.31. The Labute approximate surface area is 125 Å². The highest BCUT2D eigenvalue weighted by molar-refractivity contribution is 5.94. The van der Waals surface area contributed by atoms with Crippen molar-refractivity contribution in [1.82, 2.24) is 0 Å². The molecule has 1 unspecified atom stereocenters. The minimum absolute atomic E-state index is 0.119. The average Bonchev–Trinajstić information content (AvgIpc) is 2.34. The van der Waals surface area contributed by atoms with E-state index in [1.807, 2.05) is 25.1 Å². The van der Waals surface area contributed by atoms with Crippen molar-refractivity contribution in [2.45, 2.75) is 39.7 Å². The molecule has 1 N–H and O–H groups in total. The van der Waals surface area contributed by atoms with Gasteiger partial charge in [0.2, 0.25) is 0 Å². The van der Waals surface area contributed by atoms with Gasteiger partial charge in [0.15, 0.2) is 5.92 Å². The van der Waals surface area contributed by atoms with Gasteiger partial charge in [-0.05, 0) is 50.8 Å². The summed E-state index contributed by atoms with van der Waals surface area (Å²) < 4.78 is 5.18. The largest absolute Gasteiger partial charge is 0.481 e. The van der Waals surface area contributed by atoms with Gasteiger partial charge in [-0.25, -0.2) is 0 Å². The molecule has 0 spiro atoms. The van der Waals surface area contributed by atoms with Gasteiger partial charge in [0.25, 0.3) is 0 Å². The first-order valence-corrected chi connectivity index (χ1v) is 6.81. The molecule has 0 radical (unpaired) electrons. The summed E-state index contributed by atoms with van der Waals surface area (Å²) in [6, 6.07) is 5.59. The number of hydrogen-bond acceptors (Lipinski definition) is 3. The number of carboxylic acids is 1. The van der Waals surface area contributed by atoms with Crippen LogP contribution in [-0.2, 0) is 20.7 Å². The summed E-state index contributed by atoms with van der Waals surface area (Å²) in [4.78, 5) is 23.4. The number of esters is 1. The number of ether oxygens (including phenoxy) is 1. The number of aryl methyl sites for hydroxylation is 1. The SMILES string of the molecule is C=Cc1ccc(CC(C(=O)O)C(=O)OC(C)(C)C)c(C)c1. The number of aliphatic carboxylic acids is 1. The minimum Gasteiger partial charge on any atom is -0.481 e. The van der Waals surface area contributed by atoms with Crippen LogP contribution in [0.3, 0.4) is 0 Å². The van der Waals surface area contributed by atoms with Crippen LogP contribution in [0.5, 0.6) is 0 Å². The van der Waals surface area contributed by atoms with Gasteiger partial charge in [-0.1, -0.05) is 30.9 Å². The molecular formula is C17H22O4. The third kappa shape index (κ3) is 5.06. The van der Waals surface area contributed by atoms with Crippen molar-refractivity contribution in [1.29, 1.82) is 0 Å². The Morgan fingerprint density at radius 2 is 2.00 bits per heavy atom. The summed E-state index contributed by atoms with van der Waals surface area (Å²) >= 11 is 0. The Morgan fingerprint density at radius 3 is 2.43 bits per heavy atom. The average molecular weight is 290 g/mol. The number of benzene rings is 1. The second-order valence-corrected chi connectivity index (χ2v) is 6.02. The van der Waals surface area contributed by atoms with Gasteiger partial charge in [0.1, 0.15) is 5.60 Å². The highest BCUT2D eigenvalue weighted by Crippen LogP contribution is 2.19. The Bertz CT molecular complexity index is 552. The molecule has 0 saturated carbocycles. The van der Waals surface area contributed by atoms with Gasteiger partial charge in [-0.3, -0.25) is 9.59 Å². The first-order valence-electron chi connectivity index (χ1n) is 6.81. The van der Waals surface area contributed by atoms with E-state index in [1.165, 1.54) is 0 Å². The van der Waals surface area contributed by atoms with Crippen LogP contribution in [0.15, 0.2) is 24.8 Å². The normalized spacial score (nSPS) is 12.6. The third-order valence-electron chi connectivity index (χ3n) is 3.02. The van der Waals surface area contributed by atoms with Crippen molar-refractivity contribution in [3.8, 4) is 0 Å². The minimum atomic E-state index is -1.20. The molecule has 0 aromatic heterocycles. The van der Waals surface area contributed by atoms with Gasteiger partial charge in [0.05, 0.1) is 0 Å². The Balaban J connectivity index is 2.96. The van der Waals surface area contributed by atoms with Crippen LogP contribution in [-0.4, -0.2) is 22.6 Å². The van der Waals surface area contributed by atoms with Gasteiger partial charge in [-0.2, -0.15) is 0 Å². The number of hydrogen-bond donors (Lipinski definition) is 1. The van der Waals surface area contributed by atoms with E-state index < -0.39 is 23.5 Å². The molecule has 0 saturated heterocycles. The molecule has 0 fully saturated rings. The standard InChI is InChI=1S/C17H22O4/c1-6-12-7-8-13(11(2)9-12)10-14(15(18)19)16(20)21-17(3,4)5/h6-9,14H,1,10H2,2-5H3,(H,18,19). The zero-order valence-electron chi connectivity index (χ0n) is 13.0. The molecule has 1 rings (SSSR count). The maximum Gasteiger partial charge on any atom is 0.321 e. The molecular weight excluding hydrogens is 268 g/mol. The first-order chi connectivity index (χ1) is 9.64. The molecule has 4 heteroatoms. The molecule has 0 amide bonds. The molecule has 4 nitrogen and oxygen atoms in total. The monoisotopic (exact) mass is 290 g/mol. The number of carboxylic acid groups (broad SMARTS) is 1. The lowest BCUT2D eigenvalue weighted by Gasteiger charge is -2.22. The number of carbonyl (C=O) groups excluding carboxylic acids is 1. The molecule has 114 valence electrons. The fourth-order valence-electron chi connectivity index (χ4n) is 1.94. The van der Waals surface area contributed by atoms with Crippen molar-refractivity contribution in [2.75, 3.05) is 0 Å². The summed E-state index contributed by atoms with van der Waals surface area (Å²) in [6.07, 6.45) is 1.84. The van der Waals surface area contributed by atoms with Crippen LogP contribution in [0.25, 0.3) is 6.08 Å². The van der Waals surface area contributed by atoms with Gasteiger partial charge in [-0.15, -0.1) is 0 Å². The Hall–Kier alpha value is -2.10. The highest BCUT2D eigenvalue weighted by atomic mass is 16.6. The van der Waals surface area contributed by atoms with E-state index in [0.717, 1.165) is 16.7 Å². The van der Waals surface area contributed by atoms with E-state index >= 15 is 0 Å². The van der Waals surface area contributed by atoms with Crippen molar-refractivity contribution in [3.63, 3.8) is 0 Å². The number of rotatable bonds is 5. The lowest BCUT2D eigenvalue weighted by molar-refractivity contribution is -0.166. The van der Waals surface area contributed by atoms with Crippen LogP contribution in [0.1, 0.15) is 37.5 Å². The van der Waals surface area contributed by atoms with Crippen LogP contribution in [0, 0.1) is 12.8 Å². The quantitative estimate of drug-likeness (QED) is 0.668. The van der Waals surface area contributed by atoms with Crippen molar-refractivity contribution >= 4 is 18.0 Å². The van der Waals surface area contributed by atoms with Crippen LogP contribution < -0.4 is 0 Å². The lowest BCUT2D eigenvalue weighted by atomic mass is 9.94. The summed E-state index contributed by atoms with van der Waals surface area (Å²) in [6.45, 7) is 10.7. The zero-order valence-corrected chi connectivity index (χ0v) is 13.0. The topological polar surface area (TPSA) is 63.6 Å². The first kappa shape index (κ1) is 17.0. The predicted octanol–water partition coefficient (Wildman–Crippen LogP) is 3.22. The van der Waals surface area contributed by atoms with E-state index in [-0.39, 0.29) is 6.42 Å². The van der Waals surface area contributed by atoms with Crippen molar-refractivity contribution < 1.29 is 19.4 Å². The Morgan fingerprint density at radius 1 is 1.38 bits per heavy atom. The predicted molar refractivity (Wildman–Crippen MR) is 81.9 cm³/mol. The second-order valence-electron chi connectivity index (χ2n) is 6.02. The van der Waals surface area contributed by atoms with Crippen LogP contribution in [0.2, 0.25) is 0 Å². The molecule has 21 heavy (non-hydrogen) atoms. The van der Waals surface area contributed by atoms with Crippen molar-refractivity contribution in [2.24, 2.45) is 5.92 Å².